The Bertz CT molecular complexity index is 1170. The molecule has 0 saturated heterocycles. The number of halogens is 2. The summed E-state index contributed by atoms with van der Waals surface area (Å²) < 4.78 is 26.7. The van der Waals surface area contributed by atoms with Gasteiger partial charge in [0.25, 0.3) is 0 Å². The van der Waals surface area contributed by atoms with Gasteiger partial charge >= 0.3 is 0 Å². The van der Waals surface area contributed by atoms with Crippen molar-refractivity contribution in [3.8, 4) is 0 Å². The van der Waals surface area contributed by atoms with Crippen molar-refractivity contribution in [3.05, 3.63) is 63.1 Å². The molecule has 0 aromatic heterocycles. The number of anilines is 1. The Hall–Kier alpha value is -2.29. The first-order chi connectivity index (χ1) is 16.9. The molecule has 36 heavy (non-hydrogen) atoms. The van der Waals surface area contributed by atoms with E-state index in [1.54, 1.807) is 37.3 Å². The number of carbonyl (C=O) groups is 2. The smallest absolute Gasteiger partial charge is 0.244 e. The highest BCUT2D eigenvalue weighted by atomic mass is 35.5. The van der Waals surface area contributed by atoms with Crippen molar-refractivity contribution >= 4 is 50.7 Å². The molecule has 0 unspecified atom stereocenters. The normalized spacial score (nSPS) is 12.2. The number of sulfonamides is 1. The second-order valence-corrected chi connectivity index (χ2v) is 11.5. The molecule has 1 atom stereocenters. The van der Waals surface area contributed by atoms with Gasteiger partial charge in [0.2, 0.25) is 21.8 Å². The van der Waals surface area contributed by atoms with E-state index in [0.29, 0.717) is 34.3 Å². The van der Waals surface area contributed by atoms with Gasteiger partial charge in [0.15, 0.2) is 0 Å². The molecular weight excluding hydrogens is 521 g/mol. The minimum atomic E-state index is -3.81. The summed E-state index contributed by atoms with van der Waals surface area (Å²) in [5.74, 6) is -0.838. The largest absolute Gasteiger partial charge is 0.354 e. The number of carbonyl (C=O) groups excluding carboxylic acids is 2. The molecule has 0 spiro atoms. The summed E-state index contributed by atoms with van der Waals surface area (Å²) in [5, 5.41) is 3.60. The van der Waals surface area contributed by atoms with Crippen LogP contribution in [-0.4, -0.2) is 50.5 Å². The van der Waals surface area contributed by atoms with Crippen LogP contribution in [0, 0.1) is 13.8 Å². The van der Waals surface area contributed by atoms with E-state index in [9.17, 15) is 18.0 Å². The summed E-state index contributed by atoms with van der Waals surface area (Å²) in [5.41, 5.74) is 2.56. The third kappa shape index (κ3) is 7.60. The summed E-state index contributed by atoms with van der Waals surface area (Å²) in [4.78, 5) is 28.3. The molecule has 0 aliphatic carbocycles. The van der Waals surface area contributed by atoms with E-state index < -0.39 is 28.5 Å². The number of rotatable bonds is 12. The quantitative estimate of drug-likeness (QED) is 0.369. The van der Waals surface area contributed by atoms with Crippen molar-refractivity contribution in [1.82, 2.24) is 10.2 Å². The number of hydrogen-bond acceptors (Lipinski definition) is 4. The Morgan fingerprint density at radius 2 is 1.64 bits per heavy atom. The standard InChI is InChI=1S/C26H35Cl2N3O4S/c1-6-8-15-29-26(33)23(7-2)30(16-20-21(27)12-10-13-22(20)28)25(32)17-31(36(5,34)35)24-14-9-11-18(3)19(24)4/h9-14,23H,6-8,15-17H2,1-5H3,(H,29,33)/t23-/m0/s1. The van der Waals surface area contributed by atoms with Crippen LogP contribution in [-0.2, 0) is 26.2 Å². The summed E-state index contributed by atoms with van der Waals surface area (Å²) in [6, 6.07) is 9.47. The van der Waals surface area contributed by atoms with E-state index in [1.165, 1.54) is 4.90 Å². The van der Waals surface area contributed by atoms with Gasteiger partial charge in [-0.05, 0) is 56.0 Å². The Balaban J connectivity index is 2.51. The fourth-order valence-corrected chi connectivity index (χ4v) is 5.30. The highest BCUT2D eigenvalue weighted by Gasteiger charge is 2.32. The lowest BCUT2D eigenvalue weighted by atomic mass is 10.1. The van der Waals surface area contributed by atoms with Crippen LogP contribution < -0.4 is 9.62 Å². The third-order valence-electron chi connectivity index (χ3n) is 6.13. The Morgan fingerprint density at radius 3 is 2.19 bits per heavy atom. The maximum Gasteiger partial charge on any atom is 0.244 e. The number of aryl methyl sites for hydroxylation is 1. The Labute approximate surface area is 224 Å². The lowest BCUT2D eigenvalue weighted by Gasteiger charge is -2.33. The molecule has 0 aliphatic heterocycles. The van der Waals surface area contributed by atoms with Crippen LogP contribution in [0.2, 0.25) is 10.0 Å². The minimum Gasteiger partial charge on any atom is -0.354 e. The molecular formula is C26H35Cl2N3O4S. The fraction of sp³-hybridized carbons (Fsp3) is 0.462. The van der Waals surface area contributed by atoms with Gasteiger partial charge in [-0.15, -0.1) is 0 Å². The van der Waals surface area contributed by atoms with Crippen molar-refractivity contribution < 1.29 is 18.0 Å². The molecule has 2 aromatic rings. The number of unbranched alkanes of at least 4 members (excludes halogenated alkanes) is 1. The number of hydrogen-bond donors (Lipinski definition) is 1. The molecule has 7 nitrogen and oxygen atoms in total. The number of amides is 2. The zero-order valence-electron chi connectivity index (χ0n) is 21.5. The summed E-state index contributed by atoms with van der Waals surface area (Å²) in [7, 11) is -3.81. The predicted molar refractivity (Wildman–Crippen MR) is 147 cm³/mol. The van der Waals surface area contributed by atoms with Gasteiger partial charge < -0.3 is 10.2 Å². The number of nitrogens with zero attached hydrogens (tertiary/aromatic N) is 2. The average molecular weight is 557 g/mol. The number of nitrogens with one attached hydrogen (secondary N) is 1. The topological polar surface area (TPSA) is 86.8 Å². The lowest BCUT2D eigenvalue weighted by Crippen LogP contribution is -2.52. The SMILES string of the molecule is CCCCNC(=O)[C@H](CC)N(Cc1c(Cl)cccc1Cl)C(=O)CN(c1cccc(C)c1C)S(C)(=O)=O. The molecule has 0 heterocycles. The van der Waals surface area contributed by atoms with Crippen molar-refractivity contribution in [1.29, 1.82) is 0 Å². The van der Waals surface area contributed by atoms with Gasteiger partial charge in [0.1, 0.15) is 12.6 Å². The molecule has 0 fully saturated rings. The van der Waals surface area contributed by atoms with Gasteiger partial charge in [-0.25, -0.2) is 8.42 Å². The second kappa shape index (κ2) is 13.3. The Morgan fingerprint density at radius 1 is 1.03 bits per heavy atom. The predicted octanol–water partition coefficient (Wildman–Crippen LogP) is 5.10. The van der Waals surface area contributed by atoms with Crippen LogP contribution >= 0.6 is 23.2 Å². The molecule has 2 rings (SSSR count). The van der Waals surface area contributed by atoms with Crippen molar-refractivity contribution in [3.63, 3.8) is 0 Å². The first-order valence-electron chi connectivity index (χ1n) is 12.0. The van der Waals surface area contributed by atoms with Crippen LogP contribution in [0.3, 0.4) is 0 Å². The van der Waals surface area contributed by atoms with Gasteiger partial charge in [0.05, 0.1) is 11.9 Å². The van der Waals surface area contributed by atoms with Crippen LogP contribution in [0.15, 0.2) is 36.4 Å². The molecule has 10 heteroatoms. The molecule has 198 valence electrons. The van der Waals surface area contributed by atoms with E-state index in [4.69, 9.17) is 23.2 Å². The zero-order chi connectivity index (χ0) is 27.0. The third-order valence-corrected chi connectivity index (χ3v) is 7.96. The molecule has 0 saturated carbocycles. The summed E-state index contributed by atoms with van der Waals surface area (Å²) in [6.07, 6.45) is 3.11. The maximum absolute atomic E-state index is 13.8. The van der Waals surface area contributed by atoms with Gasteiger partial charge in [-0.1, -0.05) is 61.7 Å². The van der Waals surface area contributed by atoms with E-state index in [0.717, 1.165) is 34.5 Å². The molecule has 2 amide bonds. The average Bonchev–Trinajstić information content (AvgIpc) is 2.80. The lowest BCUT2D eigenvalue weighted by molar-refractivity contribution is -0.140. The van der Waals surface area contributed by atoms with E-state index in [-0.39, 0.29) is 12.5 Å². The monoisotopic (exact) mass is 555 g/mol. The maximum atomic E-state index is 13.8. The molecule has 0 bridgehead atoms. The fourth-order valence-electron chi connectivity index (χ4n) is 3.88. The van der Waals surface area contributed by atoms with Crippen LogP contribution in [0.4, 0.5) is 5.69 Å². The van der Waals surface area contributed by atoms with Gasteiger partial charge in [-0.2, -0.15) is 0 Å². The van der Waals surface area contributed by atoms with Gasteiger partial charge in [0, 0.05) is 28.7 Å². The second-order valence-electron chi connectivity index (χ2n) is 8.78. The molecule has 1 N–H and O–H groups in total. The van der Waals surface area contributed by atoms with Gasteiger partial charge in [-0.3, -0.25) is 13.9 Å². The highest BCUT2D eigenvalue weighted by Crippen LogP contribution is 2.29. The first-order valence-corrected chi connectivity index (χ1v) is 14.6. The minimum absolute atomic E-state index is 0.0402. The van der Waals surface area contributed by atoms with E-state index in [2.05, 4.69) is 5.32 Å². The van der Waals surface area contributed by atoms with E-state index >= 15 is 0 Å². The van der Waals surface area contributed by atoms with Crippen molar-refractivity contribution in [2.75, 3.05) is 23.7 Å². The van der Waals surface area contributed by atoms with Crippen LogP contribution in [0.5, 0.6) is 0 Å². The van der Waals surface area contributed by atoms with Crippen LogP contribution in [0.1, 0.15) is 49.8 Å². The Kier molecular flexibility index (Phi) is 11.1. The van der Waals surface area contributed by atoms with Crippen molar-refractivity contribution in [2.45, 2.75) is 59.5 Å². The summed E-state index contributed by atoms with van der Waals surface area (Å²) in [6.45, 7) is 7.48. The highest BCUT2D eigenvalue weighted by molar-refractivity contribution is 7.92. The zero-order valence-corrected chi connectivity index (χ0v) is 23.8. The van der Waals surface area contributed by atoms with E-state index in [1.807, 2.05) is 26.8 Å². The molecule has 2 aromatic carbocycles. The first kappa shape index (κ1) is 29.9. The van der Waals surface area contributed by atoms with Crippen LogP contribution in [0.25, 0.3) is 0 Å². The summed E-state index contributed by atoms with van der Waals surface area (Å²) >= 11 is 12.8. The molecule has 0 aliphatic rings. The van der Waals surface area contributed by atoms with Crippen molar-refractivity contribution in [2.24, 2.45) is 0 Å². The number of benzene rings is 2. The molecule has 0 radical (unpaired) electrons.